The molecule has 32 heavy (non-hydrogen) atoms. The first-order valence-corrected chi connectivity index (χ1v) is 10.3. The molecule has 0 aliphatic rings. The van der Waals surface area contributed by atoms with Crippen molar-refractivity contribution >= 4 is 24.3 Å². The molecule has 0 spiro atoms. The van der Waals surface area contributed by atoms with E-state index in [0.717, 1.165) is 17.9 Å². The first-order valence-electron chi connectivity index (χ1n) is 10.3. The normalized spacial score (nSPS) is 14.5. The maximum atomic E-state index is 5.87. The zero-order chi connectivity index (χ0) is 22.3. The molecule has 4 rings (SSSR count). The molecule has 0 saturated heterocycles. The molecule has 0 saturated carbocycles. The van der Waals surface area contributed by atoms with Gasteiger partial charge in [0.25, 0.3) is 0 Å². The van der Waals surface area contributed by atoms with E-state index in [0.29, 0.717) is 38.9 Å². The van der Waals surface area contributed by atoms with Crippen LogP contribution in [-0.4, -0.2) is 7.11 Å². The minimum atomic E-state index is 0.656. The average Bonchev–Trinajstić information content (AvgIpc) is 3.58. The zero-order valence-electron chi connectivity index (χ0n) is 18.0. The minimum absolute atomic E-state index is 0.656. The zero-order valence-corrected chi connectivity index (χ0v) is 18.0. The Balaban J connectivity index is 1.54. The summed E-state index contributed by atoms with van der Waals surface area (Å²) in [6.45, 7) is 5.72. The molecule has 5 heteroatoms. The Morgan fingerprint density at radius 2 is 1.28 bits per heavy atom. The SMILES string of the molecule is C=C/C=C(/C=c1\ccc(=Cc2ccc(C=c3cc/c(=C\c4ccc(CC)o4)o3)o2)o1)OC. The Kier molecular flexibility index (Phi) is 6.46. The van der Waals surface area contributed by atoms with Gasteiger partial charge in [-0.1, -0.05) is 19.6 Å². The Bertz CT molecular complexity index is 1470. The highest BCUT2D eigenvalue weighted by atomic mass is 16.5. The lowest BCUT2D eigenvalue weighted by Crippen LogP contribution is -2.00. The lowest BCUT2D eigenvalue weighted by molar-refractivity contribution is 0.312. The second-order valence-electron chi connectivity index (χ2n) is 6.96. The molecule has 4 aromatic rings. The van der Waals surface area contributed by atoms with Crippen LogP contribution in [0.3, 0.4) is 0 Å². The van der Waals surface area contributed by atoms with Crippen molar-refractivity contribution in [1.82, 2.24) is 0 Å². The monoisotopic (exact) mass is 428 g/mol. The van der Waals surface area contributed by atoms with Crippen LogP contribution in [0.25, 0.3) is 24.3 Å². The molecular formula is C27H24O5. The first-order chi connectivity index (χ1) is 15.6. The summed E-state index contributed by atoms with van der Waals surface area (Å²) in [6, 6.07) is 15.2. The molecule has 0 aromatic carbocycles. The smallest absolute Gasteiger partial charge is 0.131 e. The number of hydrogen-bond donors (Lipinski definition) is 0. The lowest BCUT2D eigenvalue weighted by atomic mass is 10.3. The van der Waals surface area contributed by atoms with Crippen molar-refractivity contribution in [3.05, 3.63) is 118 Å². The summed E-state index contributed by atoms with van der Waals surface area (Å²) in [6.07, 6.45) is 11.6. The van der Waals surface area contributed by atoms with Crippen molar-refractivity contribution in [2.75, 3.05) is 7.11 Å². The Labute approximate surface area is 185 Å². The van der Waals surface area contributed by atoms with E-state index in [-0.39, 0.29) is 0 Å². The quantitative estimate of drug-likeness (QED) is 0.333. The number of rotatable bonds is 7. The second kappa shape index (κ2) is 9.79. The summed E-state index contributed by atoms with van der Waals surface area (Å²) in [5.74, 6) is 3.72. The molecule has 5 nitrogen and oxygen atoms in total. The fraction of sp³-hybridized carbons (Fsp3) is 0.111. The largest absolute Gasteiger partial charge is 0.497 e. The van der Waals surface area contributed by atoms with E-state index in [9.17, 15) is 0 Å². The van der Waals surface area contributed by atoms with Crippen molar-refractivity contribution in [1.29, 1.82) is 0 Å². The van der Waals surface area contributed by atoms with E-state index in [1.54, 1.807) is 25.3 Å². The third-order valence-corrected chi connectivity index (χ3v) is 4.63. The van der Waals surface area contributed by atoms with Crippen LogP contribution in [0.5, 0.6) is 0 Å². The van der Waals surface area contributed by atoms with Crippen molar-refractivity contribution in [2.24, 2.45) is 0 Å². The van der Waals surface area contributed by atoms with Crippen LogP contribution >= 0.6 is 0 Å². The van der Waals surface area contributed by atoms with Crippen LogP contribution in [0, 0.1) is 0 Å². The number of allylic oxidation sites excluding steroid dienone is 3. The van der Waals surface area contributed by atoms with Crippen molar-refractivity contribution < 1.29 is 22.4 Å². The highest BCUT2D eigenvalue weighted by molar-refractivity contribution is 5.49. The van der Waals surface area contributed by atoms with Gasteiger partial charge < -0.3 is 22.4 Å². The Hall–Kier alpha value is -4.12. The van der Waals surface area contributed by atoms with Gasteiger partial charge in [0, 0.05) is 30.7 Å². The lowest BCUT2D eigenvalue weighted by Gasteiger charge is -1.95. The number of aryl methyl sites for hydroxylation is 1. The van der Waals surface area contributed by atoms with E-state index in [2.05, 4.69) is 13.5 Å². The van der Waals surface area contributed by atoms with E-state index in [1.165, 1.54) is 0 Å². The van der Waals surface area contributed by atoms with Crippen molar-refractivity contribution in [3.63, 3.8) is 0 Å². The van der Waals surface area contributed by atoms with Gasteiger partial charge in [-0.3, -0.25) is 0 Å². The van der Waals surface area contributed by atoms with Crippen LogP contribution in [0.4, 0.5) is 0 Å². The standard InChI is InChI=1S/C27H24O5/c1-4-6-20(28-3)15-21-9-10-24(30-21)17-25-13-14-27(32-25)18-26-12-11-23(31-26)16-22-8-7-19(5-2)29-22/h4,6-18H,1,5H2,2-3H3/b20-6-,21-15+,23-16+,24-17?,26-18?. The van der Waals surface area contributed by atoms with Gasteiger partial charge in [0.15, 0.2) is 0 Å². The molecule has 0 fully saturated rings. The van der Waals surface area contributed by atoms with Gasteiger partial charge >= 0.3 is 0 Å². The van der Waals surface area contributed by atoms with E-state index < -0.39 is 0 Å². The van der Waals surface area contributed by atoms with Crippen LogP contribution in [0.15, 0.2) is 90.7 Å². The van der Waals surface area contributed by atoms with Gasteiger partial charge in [0.05, 0.1) is 7.11 Å². The van der Waals surface area contributed by atoms with Crippen molar-refractivity contribution in [2.45, 2.75) is 13.3 Å². The van der Waals surface area contributed by atoms with Gasteiger partial charge in [-0.25, -0.2) is 0 Å². The molecule has 0 atom stereocenters. The highest BCUT2D eigenvalue weighted by Crippen LogP contribution is 2.10. The summed E-state index contributed by atoms with van der Waals surface area (Å²) < 4.78 is 28.4. The van der Waals surface area contributed by atoms with Crippen LogP contribution in [0.1, 0.15) is 30.0 Å². The molecule has 0 bridgehead atoms. The number of hydrogen-bond acceptors (Lipinski definition) is 5. The fourth-order valence-electron chi connectivity index (χ4n) is 3.08. The highest BCUT2D eigenvalue weighted by Gasteiger charge is 2.00. The molecular weight excluding hydrogens is 404 g/mol. The summed E-state index contributed by atoms with van der Waals surface area (Å²) in [5, 5.41) is 0. The molecule has 0 aliphatic heterocycles. The summed E-state index contributed by atoms with van der Waals surface area (Å²) in [5.41, 5.74) is 2.75. The van der Waals surface area contributed by atoms with Gasteiger partial charge in [-0.2, -0.15) is 0 Å². The number of ether oxygens (including phenoxy) is 1. The summed E-state index contributed by atoms with van der Waals surface area (Å²) in [4.78, 5) is 0. The van der Waals surface area contributed by atoms with Crippen LogP contribution in [-0.2, 0) is 11.2 Å². The predicted octanol–water partition coefficient (Wildman–Crippen LogP) is 3.60. The van der Waals surface area contributed by atoms with Crippen LogP contribution in [0.2, 0.25) is 0 Å². The Morgan fingerprint density at radius 1 is 0.750 bits per heavy atom. The first kappa shape index (κ1) is 21.1. The topological polar surface area (TPSA) is 61.8 Å². The van der Waals surface area contributed by atoms with Gasteiger partial charge in [0.1, 0.15) is 50.5 Å². The van der Waals surface area contributed by atoms with E-state index in [4.69, 9.17) is 22.4 Å². The van der Waals surface area contributed by atoms with E-state index in [1.807, 2.05) is 66.8 Å². The molecule has 4 heterocycles. The number of furan rings is 4. The predicted molar refractivity (Wildman–Crippen MR) is 123 cm³/mol. The molecule has 162 valence electrons. The maximum Gasteiger partial charge on any atom is 0.131 e. The maximum absolute atomic E-state index is 5.87. The van der Waals surface area contributed by atoms with Crippen LogP contribution < -0.4 is 21.7 Å². The van der Waals surface area contributed by atoms with Gasteiger partial charge in [-0.15, -0.1) is 0 Å². The molecule has 0 radical (unpaired) electrons. The summed E-state index contributed by atoms with van der Waals surface area (Å²) >= 11 is 0. The molecule has 0 aliphatic carbocycles. The Morgan fingerprint density at radius 3 is 1.81 bits per heavy atom. The molecule has 0 unspecified atom stereocenters. The van der Waals surface area contributed by atoms with E-state index >= 15 is 0 Å². The second-order valence-corrected chi connectivity index (χ2v) is 6.96. The van der Waals surface area contributed by atoms with Gasteiger partial charge in [-0.05, 0) is 54.6 Å². The molecule has 0 amide bonds. The fourth-order valence-corrected chi connectivity index (χ4v) is 3.08. The molecule has 4 aromatic heterocycles. The molecule has 0 N–H and O–H groups in total. The third-order valence-electron chi connectivity index (χ3n) is 4.63. The summed E-state index contributed by atoms with van der Waals surface area (Å²) in [7, 11) is 1.60. The third kappa shape index (κ3) is 5.32. The average molecular weight is 428 g/mol. The van der Waals surface area contributed by atoms with Crippen molar-refractivity contribution in [3.8, 4) is 0 Å². The van der Waals surface area contributed by atoms with Gasteiger partial charge in [0.2, 0.25) is 0 Å². The minimum Gasteiger partial charge on any atom is -0.497 e. The number of methoxy groups -OCH3 is 1.